The van der Waals surface area contributed by atoms with Crippen LogP contribution in [0.3, 0.4) is 0 Å². The van der Waals surface area contributed by atoms with E-state index in [1.54, 1.807) is 0 Å². The summed E-state index contributed by atoms with van der Waals surface area (Å²) in [5, 5.41) is 0. The number of esters is 1. The molecule has 1 aliphatic rings. The van der Waals surface area contributed by atoms with Crippen LogP contribution in [0.25, 0.3) is 0 Å². The van der Waals surface area contributed by atoms with Crippen LogP contribution in [-0.2, 0) is 14.8 Å². The Morgan fingerprint density at radius 3 is 2.07 bits per heavy atom. The Morgan fingerprint density at radius 1 is 0.926 bits per heavy atom. The first-order valence-electron chi connectivity index (χ1n) is 8.44. The third-order valence-corrected chi connectivity index (χ3v) is 6.21. The highest BCUT2D eigenvalue weighted by Gasteiger charge is 2.27. The van der Waals surface area contributed by atoms with Crippen LogP contribution in [0.2, 0.25) is 0 Å². The maximum absolute atomic E-state index is 12.9. The summed E-state index contributed by atoms with van der Waals surface area (Å²) in [5.41, 5.74) is 0.374. The van der Waals surface area contributed by atoms with Gasteiger partial charge < -0.3 is 4.74 Å². The highest BCUT2D eigenvalue weighted by molar-refractivity contribution is 7.89. The van der Waals surface area contributed by atoms with Crippen molar-refractivity contribution in [1.82, 2.24) is 4.31 Å². The fourth-order valence-corrected chi connectivity index (χ4v) is 4.29. The number of sulfonamides is 1. The SMILES string of the molecule is O=C(COC(=O)c1ccc(S(=O)(=O)N2CCCC2)cc1)c1ccc(F)cc1. The van der Waals surface area contributed by atoms with Gasteiger partial charge in [-0.15, -0.1) is 0 Å². The molecule has 0 saturated carbocycles. The minimum absolute atomic E-state index is 0.114. The van der Waals surface area contributed by atoms with Gasteiger partial charge in [0.25, 0.3) is 0 Å². The summed E-state index contributed by atoms with van der Waals surface area (Å²) < 4.78 is 44.1. The Kier molecular flexibility index (Phi) is 5.67. The maximum atomic E-state index is 12.9. The van der Waals surface area contributed by atoms with E-state index in [4.69, 9.17) is 4.74 Å². The molecule has 0 aliphatic carbocycles. The number of rotatable bonds is 6. The number of ketones is 1. The van der Waals surface area contributed by atoms with Crippen LogP contribution in [-0.4, -0.2) is 44.2 Å². The number of carbonyl (C=O) groups excluding carboxylic acids is 2. The second kappa shape index (κ2) is 7.98. The van der Waals surface area contributed by atoms with Gasteiger partial charge in [0.1, 0.15) is 5.82 Å². The van der Waals surface area contributed by atoms with Gasteiger partial charge in [-0.2, -0.15) is 4.31 Å². The summed E-state index contributed by atoms with van der Waals surface area (Å²) >= 11 is 0. The van der Waals surface area contributed by atoms with Crippen LogP contribution in [0.4, 0.5) is 4.39 Å². The molecule has 8 heteroatoms. The van der Waals surface area contributed by atoms with E-state index in [-0.39, 0.29) is 16.0 Å². The van der Waals surface area contributed by atoms with Gasteiger partial charge in [0.05, 0.1) is 10.5 Å². The molecule has 6 nitrogen and oxygen atoms in total. The van der Waals surface area contributed by atoms with Crippen LogP contribution in [0, 0.1) is 5.82 Å². The van der Waals surface area contributed by atoms with Crippen molar-refractivity contribution in [2.24, 2.45) is 0 Å². The third-order valence-electron chi connectivity index (χ3n) is 4.29. The molecule has 27 heavy (non-hydrogen) atoms. The molecule has 142 valence electrons. The van der Waals surface area contributed by atoms with Crippen molar-refractivity contribution >= 4 is 21.8 Å². The molecule has 1 aliphatic heterocycles. The summed E-state index contributed by atoms with van der Waals surface area (Å²) in [4.78, 5) is 24.1. The first-order valence-corrected chi connectivity index (χ1v) is 9.88. The van der Waals surface area contributed by atoms with E-state index in [0.29, 0.717) is 13.1 Å². The topological polar surface area (TPSA) is 80.8 Å². The average molecular weight is 391 g/mol. The van der Waals surface area contributed by atoms with Gasteiger partial charge in [0.15, 0.2) is 12.4 Å². The van der Waals surface area contributed by atoms with Crippen LogP contribution in [0.15, 0.2) is 53.4 Å². The lowest BCUT2D eigenvalue weighted by Gasteiger charge is -2.15. The number of Topliss-reactive ketones (excluding diaryl/α,β-unsaturated/α-hetero) is 1. The van der Waals surface area contributed by atoms with Gasteiger partial charge in [-0.25, -0.2) is 17.6 Å². The van der Waals surface area contributed by atoms with E-state index in [1.807, 2.05) is 0 Å². The summed E-state index contributed by atoms with van der Waals surface area (Å²) in [5.74, 6) is -1.67. The number of hydrogen-bond donors (Lipinski definition) is 0. The van der Waals surface area contributed by atoms with Crippen molar-refractivity contribution < 1.29 is 27.1 Å². The van der Waals surface area contributed by atoms with E-state index >= 15 is 0 Å². The number of halogens is 1. The monoisotopic (exact) mass is 391 g/mol. The number of nitrogens with zero attached hydrogens (tertiary/aromatic N) is 1. The Balaban J connectivity index is 1.62. The number of ether oxygens (including phenoxy) is 1. The van der Waals surface area contributed by atoms with Crippen LogP contribution >= 0.6 is 0 Å². The van der Waals surface area contributed by atoms with Gasteiger partial charge in [0, 0.05) is 18.7 Å². The molecule has 2 aromatic rings. The van der Waals surface area contributed by atoms with E-state index in [2.05, 4.69) is 0 Å². The Morgan fingerprint density at radius 2 is 1.48 bits per heavy atom. The first kappa shape index (κ1) is 19.2. The van der Waals surface area contributed by atoms with Crippen molar-refractivity contribution in [3.05, 3.63) is 65.5 Å². The molecule has 0 atom stereocenters. The number of hydrogen-bond acceptors (Lipinski definition) is 5. The normalized spacial score (nSPS) is 14.9. The molecular weight excluding hydrogens is 373 g/mol. The summed E-state index contributed by atoms with van der Waals surface area (Å²) in [7, 11) is -3.55. The molecule has 0 spiro atoms. The molecule has 2 aromatic carbocycles. The molecule has 0 unspecified atom stereocenters. The van der Waals surface area contributed by atoms with Crippen molar-refractivity contribution in [2.75, 3.05) is 19.7 Å². The minimum Gasteiger partial charge on any atom is -0.454 e. The summed E-state index contributed by atoms with van der Waals surface area (Å²) in [6.45, 7) is 0.507. The lowest BCUT2D eigenvalue weighted by atomic mass is 10.1. The third kappa shape index (κ3) is 4.40. The fourth-order valence-electron chi connectivity index (χ4n) is 2.77. The molecule has 0 aromatic heterocycles. The van der Waals surface area contributed by atoms with Crippen molar-refractivity contribution in [2.45, 2.75) is 17.7 Å². The predicted octanol–water partition coefficient (Wildman–Crippen LogP) is 2.65. The van der Waals surface area contributed by atoms with Gasteiger partial charge in [-0.05, 0) is 61.4 Å². The van der Waals surface area contributed by atoms with Gasteiger partial charge in [-0.1, -0.05) is 0 Å². The largest absolute Gasteiger partial charge is 0.454 e. The van der Waals surface area contributed by atoms with Crippen molar-refractivity contribution in [3.8, 4) is 0 Å². The average Bonchev–Trinajstić information content (AvgIpc) is 3.22. The van der Waals surface area contributed by atoms with Crippen molar-refractivity contribution in [1.29, 1.82) is 0 Å². The number of carbonyl (C=O) groups is 2. The number of benzene rings is 2. The highest BCUT2D eigenvalue weighted by Crippen LogP contribution is 2.21. The minimum atomic E-state index is -3.55. The van der Waals surface area contributed by atoms with Gasteiger partial charge in [-0.3, -0.25) is 4.79 Å². The Labute approximate surface area is 156 Å². The van der Waals surface area contributed by atoms with E-state index < -0.39 is 34.2 Å². The molecule has 1 heterocycles. The molecule has 0 N–H and O–H groups in total. The second-order valence-electron chi connectivity index (χ2n) is 6.14. The van der Waals surface area contributed by atoms with Crippen LogP contribution < -0.4 is 0 Å². The lowest BCUT2D eigenvalue weighted by Crippen LogP contribution is -2.27. The highest BCUT2D eigenvalue weighted by atomic mass is 32.2. The first-order chi connectivity index (χ1) is 12.9. The van der Waals surface area contributed by atoms with Crippen molar-refractivity contribution in [3.63, 3.8) is 0 Å². The molecule has 3 rings (SSSR count). The Bertz CT molecular complexity index is 933. The molecule has 1 saturated heterocycles. The zero-order valence-electron chi connectivity index (χ0n) is 14.4. The summed E-state index contributed by atoms with van der Waals surface area (Å²) in [6, 6.07) is 10.3. The fraction of sp³-hybridized carbons (Fsp3) is 0.263. The zero-order chi connectivity index (χ0) is 19.4. The van der Waals surface area contributed by atoms with E-state index in [9.17, 15) is 22.4 Å². The quantitative estimate of drug-likeness (QED) is 0.559. The van der Waals surface area contributed by atoms with Gasteiger partial charge >= 0.3 is 5.97 Å². The molecule has 0 radical (unpaired) electrons. The molecule has 0 bridgehead atoms. The predicted molar refractivity (Wildman–Crippen MR) is 95.4 cm³/mol. The summed E-state index contributed by atoms with van der Waals surface area (Å²) in [6.07, 6.45) is 1.68. The molecular formula is C19H18FNO5S. The molecule has 1 fully saturated rings. The van der Waals surface area contributed by atoms with Crippen LogP contribution in [0.5, 0.6) is 0 Å². The van der Waals surface area contributed by atoms with Crippen LogP contribution in [0.1, 0.15) is 33.6 Å². The van der Waals surface area contributed by atoms with Gasteiger partial charge in [0.2, 0.25) is 10.0 Å². The second-order valence-corrected chi connectivity index (χ2v) is 8.08. The molecule has 0 amide bonds. The Hall–Kier alpha value is -2.58. The smallest absolute Gasteiger partial charge is 0.338 e. The lowest BCUT2D eigenvalue weighted by molar-refractivity contribution is 0.0474. The maximum Gasteiger partial charge on any atom is 0.338 e. The zero-order valence-corrected chi connectivity index (χ0v) is 15.2. The van der Waals surface area contributed by atoms with E-state index in [1.165, 1.54) is 40.7 Å². The standard InChI is InChI=1S/C19H18FNO5S/c20-16-7-3-14(4-8-16)18(22)13-26-19(23)15-5-9-17(10-6-15)27(24,25)21-11-1-2-12-21/h3-10H,1-2,11-13H2. The van der Waals surface area contributed by atoms with E-state index in [0.717, 1.165) is 25.0 Å².